The number of rotatable bonds is 3. The van der Waals surface area contributed by atoms with E-state index < -0.39 is 10.2 Å². The van der Waals surface area contributed by atoms with Crippen LogP contribution in [0, 0.1) is 5.92 Å². The Hall–Kier alpha value is -0.950. The van der Waals surface area contributed by atoms with Gasteiger partial charge in [0.2, 0.25) is 0 Å². The molecule has 0 aromatic heterocycles. The maximum absolute atomic E-state index is 11.1. The third kappa shape index (κ3) is 2.52. The molecule has 0 spiro atoms. The Labute approximate surface area is 83.7 Å². The van der Waals surface area contributed by atoms with Gasteiger partial charge in [-0.3, -0.25) is 0 Å². The SMILES string of the molecule is CCNNC1=NS(=O)(=O)N=C1C(C)C. The van der Waals surface area contributed by atoms with Crippen LogP contribution >= 0.6 is 0 Å². The predicted octanol–water partition coefficient (Wildman–Crippen LogP) is -0.146. The molecular weight excluding hydrogens is 204 g/mol. The average molecular weight is 218 g/mol. The Morgan fingerprint density at radius 1 is 1.36 bits per heavy atom. The molecule has 0 saturated carbocycles. The lowest BCUT2D eigenvalue weighted by atomic mass is 10.1. The number of amidine groups is 1. The lowest BCUT2D eigenvalue weighted by Crippen LogP contribution is -2.41. The van der Waals surface area contributed by atoms with E-state index >= 15 is 0 Å². The Bertz CT molecular complexity index is 369. The minimum absolute atomic E-state index is 0.0252. The molecule has 0 bridgehead atoms. The summed E-state index contributed by atoms with van der Waals surface area (Å²) in [5.74, 6) is 0.319. The van der Waals surface area contributed by atoms with Gasteiger partial charge in [-0.2, -0.15) is 8.42 Å². The summed E-state index contributed by atoms with van der Waals surface area (Å²) in [6.45, 7) is 6.29. The van der Waals surface area contributed by atoms with Gasteiger partial charge in [0.25, 0.3) is 0 Å². The van der Waals surface area contributed by atoms with Crippen molar-refractivity contribution < 1.29 is 8.42 Å². The summed E-state index contributed by atoms with van der Waals surface area (Å²) in [5, 5.41) is 0. The minimum atomic E-state index is -3.65. The van der Waals surface area contributed by atoms with E-state index in [9.17, 15) is 8.42 Å². The van der Waals surface area contributed by atoms with E-state index in [1.807, 2.05) is 20.8 Å². The highest BCUT2D eigenvalue weighted by atomic mass is 32.2. The van der Waals surface area contributed by atoms with Gasteiger partial charge >= 0.3 is 10.2 Å². The smallest absolute Gasteiger partial charge is 0.304 e. The van der Waals surface area contributed by atoms with Gasteiger partial charge in [-0.25, -0.2) is 5.43 Å². The quantitative estimate of drug-likeness (QED) is 0.646. The van der Waals surface area contributed by atoms with E-state index in [-0.39, 0.29) is 5.92 Å². The molecule has 6 nitrogen and oxygen atoms in total. The maximum Gasteiger partial charge on any atom is 0.365 e. The molecule has 1 heterocycles. The second-order valence-electron chi connectivity index (χ2n) is 3.17. The highest BCUT2D eigenvalue weighted by molar-refractivity contribution is 7.89. The highest BCUT2D eigenvalue weighted by Crippen LogP contribution is 2.11. The van der Waals surface area contributed by atoms with E-state index in [1.165, 1.54) is 0 Å². The Balaban J connectivity index is 2.89. The molecule has 0 aromatic rings. The second kappa shape index (κ2) is 4.05. The zero-order valence-electron chi connectivity index (χ0n) is 8.40. The first-order valence-electron chi connectivity index (χ1n) is 4.40. The van der Waals surface area contributed by atoms with Crippen LogP contribution in [-0.4, -0.2) is 26.5 Å². The minimum Gasteiger partial charge on any atom is -0.304 e. The molecule has 0 atom stereocenters. The monoisotopic (exact) mass is 218 g/mol. The topological polar surface area (TPSA) is 82.9 Å². The molecule has 7 heteroatoms. The summed E-state index contributed by atoms with van der Waals surface area (Å²) >= 11 is 0. The fourth-order valence-electron chi connectivity index (χ4n) is 0.988. The van der Waals surface area contributed by atoms with Crippen molar-refractivity contribution in [2.75, 3.05) is 6.54 Å². The van der Waals surface area contributed by atoms with Gasteiger partial charge in [0.1, 0.15) is 5.71 Å². The normalized spacial score (nSPS) is 19.4. The van der Waals surface area contributed by atoms with Crippen LogP contribution in [0.5, 0.6) is 0 Å². The van der Waals surface area contributed by atoms with Crippen molar-refractivity contribution in [3.63, 3.8) is 0 Å². The lowest BCUT2D eigenvalue weighted by Gasteiger charge is -2.09. The van der Waals surface area contributed by atoms with E-state index in [2.05, 4.69) is 19.6 Å². The van der Waals surface area contributed by atoms with Crippen molar-refractivity contribution in [2.24, 2.45) is 14.7 Å². The zero-order valence-corrected chi connectivity index (χ0v) is 9.22. The van der Waals surface area contributed by atoms with Gasteiger partial charge < -0.3 is 5.43 Å². The fraction of sp³-hybridized carbons (Fsp3) is 0.714. The Kier molecular flexibility index (Phi) is 3.22. The van der Waals surface area contributed by atoms with Crippen LogP contribution in [0.25, 0.3) is 0 Å². The summed E-state index contributed by atoms with van der Waals surface area (Å²) < 4.78 is 29.2. The molecule has 1 aliphatic heterocycles. The second-order valence-corrected chi connectivity index (χ2v) is 4.44. The summed E-state index contributed by atoms with van der Waals surface area (Å²) in [6.07, 6.45) is 0. The van der Waals surface area contributed by atoms with Crippen LogP contribution in [0.4, 0.5) is 0 Å². The van der Waals surface area contributed by atoms with Crippen LogP contribution in [0.1, 0.15) is 20.8 Å². The number of hydrogen-bond acceptors (Lipinski definition) is 4. The van der Waals surface area contributed by atoms with Gasteiger partial charge in [-0.15, -0.1) is 8.80 Å². The van der Waals surface area contributed by atoms with Crippen molar-refractivity contribution in [1.82, 2.24) is 10.9 Å². The molecule has 2 N–H and O–H groups in total. The predicted molar refractivity (Wildman–Crippen MR) is 55.4 cm³/mol. The molecule has 0 aromatic carbocycles. The molecule has 0 unspecified atom stereocenters. The standard InChI is InChI=1S/C7H14N4O2S/c1-4-8-9-7-6(5(2)3)10-14(12,13)11-7/h5,8H,4H2,1-3H3,(H,9,11). The first-order chi connectivity index (χ1) is 6.46. The summed E-state index contributed by atoms with van der Waals surface area (Å²) in [6, 6.07) is 0. The van der Waals surface area contributed by atoms with Crippen molar-refractivity contribution in [3.8, 4) is 0 Å². The first-order valence-corrected chi connectivity index (χ1v) is 5.80. The summed E-state index contributed by atoms with van der Waals surface area (Å²) in [7, 11) is -3.65. The van der Waals surface area contributed by atoms with E-state index in [4.69, 9.17) is 0 Å². The number of hydrazine groups is 1. The van der Waals surface area contributed by atoms with Gasteiger partial charge in [0, 0.05) is 12.5 Å². The molecule has 0 fully saturated rings. The fourth-order valence-corrected chi connectivity index (χ4v) is 1.94. The third-order valence-corrected chi connectivity index (χ3v) is 2.43. The number of nitrogens with zero attached hydrogens (tertiary/aromatic N) is 2. The van der Waals surface area contributed by atoms with Crippen LogP contribution in [0.15, 0.2) is 8.80 Å². The molecule has 14 heavy (non-hydrogen) atoms. The molecule has 80 valence electrons. The van der Waals surface area contributed by atoms with Gasteiger partial charge in [-0.05, 0) is 0 Å². The van der Waals surface area contributed by atoms with Gasteiger partial charge in [0.05, 0.1) is 0 Å². The zero-order chi connectivity index (χ0) is 10.8. The van der Waals surface area contributed by atoms with Gasteiger partial charge in [-0.1, -0.05) is 20.8 Å². The molecular formula is C7H14N4O2S. The molecule has 0 saturated heterocycles. The first kappa shape index (κ1) is 11.1. The molecule has 1 rings (SSSR count). The lowest BCUT2D eigenvalue weighted by molar-refractivity contribution is 0.600. The van der Waals surface area contributed by atoms with Crippen molar-refractivity contribution >= 4 is 21.8 Å². The van der Waals surface area contributed by atoms with Crippen LogP contribution in [-0.2, 0) is 10.2 Å². The highest BCUT2D eigenvalue weighted by Gasteiger charge is 2.25. The summed E-state index contributed by atoms with van der Waals surface area (Å²) in [4.78, 5) is 0. The average Bonchev–Trinajstić information content (AvgIpc) is 2.38. The molecule has 0 amide bonds. The van der Waals surface area contributed by atoms with Crippen LogP contribution in [0.2, 0.25) is 0 Å². The van der Waals surface area contributed by atoms with Crippen LogP contribution < -0.4 is 10.9 Å². The largest absolute Gasteiger partial charge is 0.365 e. The van der Waals surface area contributed by atoms with Crippen LogP contribution in [0.3, 0.4) is 0 Å². The summed E-state index contributed by atoms with van der Waals surface area (Å²) in [5.41, 5.74) is 5.96. The van der Waals surface area contributed by atoms with Crippen molar-refractivity contribution in [1.29, 1.82) is 0 Å². The number of nitrogens with one attached hydrogen (secondary N) is 2. The Morgan fingerprint density at radius 2 is 2.00 bits per heavy atom. The maximum atomic E-state index is 11.1. The van der Waals surface area contributed by atoms with Gasteiger partial charge in [0.15, 0.2) is 5.84 Å². The van der Waals surface area contributed by atoms with E-state index in [1.54, 1.807) is 0 Å². The van der Waals surface area contributed by atoms with Crippen molar-refractivity contribution in [3.05, 3.63) is 0 Å². The third-order valence-electron chi connectivity index (χ3n) is 1.59. The molecule has 1 aliphatic rings. The van der Waals surface area contributed by atoms with Crippen molar-refractivity contribution in [2.45, 2.75) is 20.8 Å². The Morgan fingerprint density at radius 3 is 2.50 bits per heavy atom. The number of hydrogen-bond donors (Lipinski definition) is 2. The van der Waals surface area contributed by atoms with E-state index in [0.717, 1.165) is 0 Å². The van der Waals surface area contributed by atoms with E-state index in [0.29, 0.717) is 18.1 Å². The molecule has 0 radical (unpaired) electrons. The molecule has 0 aliphatic carbocycles.